The highest BCUT2D eigenvalue weighted by atomic mass is 19.1. The largest absolute Gasteiger partial charge is 0.487 e. The lowest BCUT2D eigenvalue weighted by Gasteiger charge is -2.14. The Hall–Kier alpha value is -1.94. The molecule has 1 heterocycles. The molecule has 0 saturated carbocycles. The van der Waals surface area contributed by atoms with Gasteiger partial charge in [0.2, 0.25) is 0 Å². The SMILES string of the molecule is Cc1cccc(COc2ccc(F)cc2[C@@H](C)N)n1. The predicted molar refractivity (Wildman–Crippen MR) is 72.3 cm³/mol. The van der Waals surface area contributed by atoms with Crippen LogP contribution in [0, 0.1) is 12.7 Å². The quantitative estimate of drug-likeness (QED) is 0.918. The van der Waals surface area contributed by atoms with Crippen LogP contribution in [0.15, 0.2) is 36.4 Å². The van der Waals surface area contributed by atoms with E-state index in [1.807, 2.05) is 25.1 Å². The van der Waals surface area contributed by atoms with Crippen molar-refractivity contribution in [2.24, 2.45) is 5.73 Å². The summed E-state index contributed by atoms with van der Waals surface area (Å²) < 4.78 is 18.9. The molecule has 0 radical (unpaired) electrons. The Balaban J connectivity index is 2.15. The summed E-state index contributed by atoms with van der Waals surface area (Å²) in [6.45, 7) is 4.06. The van der Waals surface area contributed by atoms with E-state index in [0.29, 0.717) is 17.9 Å². The van der Waals surface area contributed by atoms with Gasteiger partial charge in [-0.2, -0.15) is 0 Å². The summed E-state index contributed by atoms with van der Waals surface area (Å²) in [5.74, 6) is 0.285. The maximum absolute atomic E-state index is 13.2. The summed E-state index contributed by atoms with van der Waals surface area (Å²) in [5, 5.41) is 0. The van der Waals surface area contributed by atoms with Gasteiger partial charge < -0.3 is 10.5 Å². The molecular weight excluding hydrogens is 243 g/mol. The van der Waals surface area contributed by atoms with Crippen LogP contribution in [0.3, 0.4) is 0 Å². The summed E-state index contributed by atoms with van der Waals surface area (Å²) >= 11 is 0. The lowest BCUT2D eigenvalue weighted by Crippen LogP contribution is -2.09. The minimum Gasteiger partial charge on any atom is -0.487 e. The van der Waals surface area contributed by atoms with Crippen molar-refractivity contribution in [1.29, 1.82) is 0 Å². The number of hydrogen-bond donors (Lipinski definition) is 1. The minimum absolute atomic E-state index is 0.281. The first-order chi connectivity index (χ1) is 9.06. The smallest absolute Gasteiger partial charge is 0.130 e. The molecular formula is C15H17FN2O. The molecule has 0 aliphatic rings. The van der Waals surface area contributed by atoms with Gasteiger partial charge in [-0.1, -0.05) is 6.07 Å². The van der Waals surface area contributed by atoms with Crippen LogP contribution in [-0.2, 0) is 6.61 Å². The lowest BCUT2D eigenvalue weighted by molar-refractivity contribution is 0.296. The Labute approximate surface area is 112 Å². The highest BCUT2D eigenvalue weighted by molar-refractivity contribution is 5.36. The highest BCUT2D eigenvalue weighted by Gasteiger charge is 2.10. The van der Waals surface area contributed by atoms with E-state index in [9.17, 15) is 4.39 Å². The van der Waals surface area contributed by atoms with Crippen LogP contribution in [0.5, 0.6) is 5.75 Å². The first-order valence-electron chi connectivity index (χ1n) is 6.16. The third-order valence-electron chi connectivity index (χ3n) is 2.78. The van der Waals surface area contributed by atoms with Crippen molar-refractivity contribution in [1.82, 2.24) is 4.98 Å². The summed E-state index contributed by atoms with van der Waals surface area (Å²) in [5.41, 5.74) is 8.24. The average molecular weight is 260 g/mol. The second-order valence-corrected chi connectivity index (χ2v) is 4.53. The molecule has 2 aromatic rings. The Morgan fingerprint density at radius 3 is 2.79 bits per heavy atom. The van der Waals surface area contributed by atoms with E-state index in [2.05, 4.69) is 4.98 Å². The van der Waals surface area contributed by atoms with Crippen molar-refractivity contribution in [3.63, 3.8) is 0 Å². The molecule has 0 saturated heterocycles. The van der Waals surface area contributed by atoms with Crippen molar-refractivity contribution in [3.05, 3.63) is 59.2 Å². The molecule has 0 aliphatic carbocycles. The van der Waals surface area contributed by atoms with Crippen LogP contribution in [0.2, 0.25) is 0 Å². The highest BCUT2D eigenvalue weighted by Crippen LogP contribution is 2.25. The van der Waals surface area contributed by atoms with Crippen LogP contribution in [0.4, 0.5) is 4.39 Å². The van der Waals surface area contributed by atoms with E-state index in [-0.39, 0.29) is 11.9 Å². The zero-order valence-electron chi connectivity index (χ0n) is 11.1. The fourth-order valence-electron chi connectivity index (χ4n) is 1.84. The predicted octanol–water partition coefficient (Wildman–Crippen LogP) is 3.13. The van der Waals surface area contributed by atoms with Gasteiger partial charge in [0, 0.05) is 17.3 Å². The van der Waals surface area contributed by atoms with Gasteiger partial charge in [-0.15, -0.1) is 0 Å². The van der Waals surface area contributed by atoms with E-state index < -0.39 is 0 Å². The Kier molecular flexibility index (Phi) is 4.12. The Morgan fingerprint density at radius 1 is 1.32 bits per heavy atom. The van der Waals surface area contributed by atoms with Crippen LogP contribution >= 0.6 is 0 Å². The van der Waals surface area contributed by atoms with E-state index in [0.717, 1.165) is 11.4 Å². The van der Waals surface area contributed by atoms with Crippen LogP contribution in [-0.4, -0.2) is 4.98 Å². The van der Waals surface area contributed by atoms with Crippen molar-refractivity contribution in [3.8, 4) is 5.75 Å². The van der Waals surface area contributed by atoms with Gasteiger partial charge >= 0.3 is 0 Å². The maximum Gasteiger partial charge on any atom is 0.130 e. The zero-order chi connectivity index (χ0) is 13.8. The van der Waals surface area contributed by atoms with Gasteiger partial charge in [-0.25, -0.2) is 4.39 Å². The lowest BCUT2D eigenvalue weighted by atomic mass is 10.1. The maximum atomic E-state index is 13.2. The minimum atomic E-state index is -0.312. The van der Waals surface area contributed by atoms with Crippen molar-refractivity contribution in [2.45, 2.75) is 26.5 Å². The van der Waals surface area contributed by atoms with Crippen LogP contribution < -0.4 is 10.5 Å². The molecule has 100 valence electrons. The van der Waals surface area contributed by atoms with Crippen LogP contribution in [0.1, 0.15) is 29.9 Å². The molecule has 0 aliphatic heterocycles. The fraction of sp³-hybridized carbons (Fsp3) is 0.267. The summed E-state index contributed by atoms with van der Waals surface area (Å²) in [4.78, 5) is 4.35. The molecule has 1 aromatic carbocycles. The van der Waals surface area contributed by atoms with E-state index >= 15 is 0 Å². The van der Waals surface area contributed by atoms with Crippen molar-refractivity contribution in [2.75, 3.05) is 0 Å². The molecule has 2 rings (SSSR count). The summed E-state index contributed by atoms with van der Waals surface area (Å²) in [6.07, 6.45) is 0. The number of nitrogens with zero attached hydrogens (tertiary/aromatic N) is 1. The molecule has 3 nitrogen and oxygen atoms in total. The molecule has 2 N–H and O–H groups in total. The number of hydrogen-bond acceptors (Lipinski definition) is 3. The number of aryl methyl sites for hydroxylation is 1. The number of ether oxygens (including phenoxy) is 1. The molecule has 1 atom stereocenters. The number of halogens is 1. The standard InChI is InChI=1S/C15H17FN2O/c1-10-4-3-5-13(18-10)9-19-15-7-6-12(16)8-14(15)11(2)17/h3-8,11H,9,17H2,1-2H3/t11-/m1/s1. The number of benzene rings is 1. The van der Waals surface area contributed by atoms with Gasteiger partial charge in [-0.3, -0.25) is 4.98 Å². The van der Waals surface area contributed by atoms with Crippen LogP contribution in [0.25, 0.3) is 0 Å². The number of rotatable bonds is 4. The molecule has 0 unspecified atom stereocenters. The number of aromatic nitrogens is 1. The van der Waals surface area contributed by atoms with Crippen molar-refractivity contribution < 1.29 is 9.13 Å². The van der Waals surface area contributed by atoms with Gasteiger partial charge in [0.25, 0.3) is 0 Å². The first kappa shape index (κ1) is 13.5. The van der Waals surface area contributed by atoms with E-state index in [4.69, 9.17) is 10.5 Å². The normalized spacial score (nSPS) is 12.2. The molecule has 0 amide bonds. The third kappa shape index (κ3) is 3.51. The van der Waals surface area contributed by atoms with E-state index in [1.54, 1.807) is 13.0 Å². The second-order valence-electron chi connectivity index (χ2n) is 4.53. The molecule has 0 fully saturated rings. The zero-order valence-corrected chi connectivity index (χ0v) is 11.1. The summed E-state index contributed by atoms with van der Waals surface area (Å²) in [7, 11) is 0. The average Bonchev–Trinajstić information content (AvgIpc) is 2.37. The molecule has 4 heteroatoms. The number of pyridine rings is 1. The topological polar surface area (TPSA) is 48.1 Å². The first-order valence-corrected chi connectivity index (χ1v) is 6.16. The molecule has 19 heavy (non-hydrogen) atoms. The van der Waals surface area contributed by atoms with Gasteiger partial charge in [0.1, 0.15) is 18.2 Å². The van der Waals surface area contributed by atoms with Crippen molar-refractivity contribution >= 4 is 0 Å². The van der Waals surface area contributed by atoms with Gasteiger partial charge in [-0.05, 0) is 44.2 Å². The monoisotopic (exact) mass is 260 g/mol. The van der Waals surface area contributed by atoms with Gasteiger partial charge in [0.15, 0.2) is 0 Å². The summed E-state index contributed by atoms with van der Waals surface area (Å²) in [6, 6.07) is 9.84. The Bertz CT molecular complexity index is 570. The molecule has 0 spiro atoms. The Morgan fingerprint density at radius 2 is 2.11 bits per heavy atom. The number of nitrogens with two attached hydrogens (primary N) is 1. The van der Waals surface area contributed by atoms with Gasteiger partial charge in [0.05, 0.1) is 5.69 Å². The fourth-order valence-corrected chi connectivity index (χ4v) is 1.84. The van der Waals surface area contributed by atoms with E-state index in [1.165, 1.54) is 12.1 Å². The molecule has 0 bridgehead atoms. The molecule has 1 aromatic heterocycles. The third-order valence-corrected chi connectivity index (χ3v) is 2.78. The second kappa shape index (κ2) is 5.80.